The Labute approximate surface area is 173 Å². The third kappa shape index (κ3) is 4.37. The quantitative estimate of drug-likeness (QED) is 0.561. The number of ether oxygens (including phenoxy) is 1. The highest BCUT2D eigenvalue weighted by Crippen LogP contribution is 2.38. The number of nitrogens with zero attached hydrogens (tertiary/aromatic N) is 1. The number of hydrogen-bond donors (Lipinski definition) is 2. The first-order chi connectivity index (χ1) is 13.7. The van der Waals surface area contributed by atoms with Gasteiger partial charge in [0.05, 0.1) is 0 Å². The molecule has 0 unspecified atom stereocenters. The van der Waals surface area contributed by atoms with Crippen LogP contribution in [0.5, 0.6) is 0 Å². The molecular formula is C20H24ClN3O5. The molecule has 2 N–H and O–H groups in total. The van der Waals surface area contributed by atoms with Crippen molar-refractivity contribution >= 4 is 41.1 Å². The number of halogens is 1. The van der Waals surface area contributed by atoms with Gasteiger partial charge in [0.15, 0.2) is 6.61 Å². The molecule has 1 aliphatic carbocycles. The second kappa shape index (κ2) is 8.41. The largest absolute Gasteiger partial charge is 0.454 e. The van der Waals surface area contributed by atoms with Crippen LogP contribution in [0.25, 0.3) is 0 Å². The van der Waals surface area contributed by atoms with Crippen LogP contribution in [-0.4, -0.2) is 47.4 Å². The van der Waals surface area contributed by atoms with Crippen molar-refractivity contribution < 1.29 is 23.9 Å². The summed E-state index contributed by atoms with van der Waals surface area (Å²) < 4.78 is 4.93. The van der Waals surface area contributed by atoms with Crippen molar-refractivity contribution in [3.05, 3.63) is 28.8 Å². The van der Waals surface area contributed by atoms with Gasteiger partial charge in [0.2, 0.25) is 0 Å². The molecule has 8 nitrogen and oxygen atoms in total. The van der Waals surface area contributed by atoms with Crippen LogP contribution in [0.2, 0.25) is 5.02 Å². The molecule has 0 bridgehead atoms. The van der Waals surface area contributed by atoms with Crippen LogP contribution in [0.3, 0.4) is 0 Å². The first kappa shape index (κ1) is 21.1. The Morgan fingerprint density at radius 3 is 2.79 bits per heavy atom. The third-order valence-electron chi connectivity index (χ3n) is 5.61. The summed E-state index contributed by atoms with van der Waals surface area (Å²) in [6.45, 7) is 2.71. The normalized spacial score (nSPS) is 23.8. The van der Waals surface area contributed by atoms with Gasteiger partial charge in [-0.05, 0) is 43.4 Å². The lowest BCUT2D eigenvalue weighted by Crippen LogP contribution is -2.54. The monoisotopic (exact) mass is 421 g/mol. The van der Waals surface area contributed by atoms with Crippen molar-refractivity contribution in [2.24, 2.45) is 5.92 Å². The minimum Gasteiger partial charge on any atom is -0.454 e. The van der Waals surface area contributed by atoms with E-state index in [0.29, 0.717) is 17.1 Å². The van der Waals surface area contributed by atoms with Crippen LogP contribution < -0.4 is 10.6 Å². The fourth-order valence-corrected chi connectivity index (χ4v) is 4.01. The van der Waals surface area contributed by atoms with E-state index in [1.807, 2.05) is 13.8 Å². The van der Waals surface area contributed by atoms with Crippen molar-refractivity contribution in [1.82, 2.24) is 10.2 Å². The van der Waals surface area contributed by atoms with Crippen molar-refractivity contribution in [3.63, 3.8) is 0 Å². The summed E-state index contributed by atoms with van der Waals surface area (Å²) in [4.78, 5) is 50.0. The van der Waals surface area contributed by atoms with Gasteiger partial charge in [-0.3, -0.25) is 19.3 Å². The molecule has 1 saturated carbocycles. The zero-order chi connectivity index (χ0) is 21.2. The van der Waals surface area contributed by atoms with E-state index >= 15 is 0 Å². The van der Waals surface area contributed by atoms with Gasteiger partial charge in [0.25, 0.3) is 11.8 Å². The highest BCUT2D eigenvalue weighted by molar-refractivity contribution is 6.31. The van der Waals surface area contributed by atoms with E-state index < -0.39 is 42.5 Å². The molecule has 1 aromatic carbocycles. The van der Waals surface area contributed by atoms with E-state index in [2.05, 4.69) is 10.6 Å². The molecular weight excluding hydrogens is 398 g/mol. The second-order valence-electron chi connectivity index (χ2n) is 7.61. The number of esters is 1. The number of rotatable bonds is 5. The Balaban J connectivity index is 1.52. The Morgan fingerprint density at radius 2 is 2.10 bits per heavy atom. The predicted molar refractivity (Wildman–Crippen MR) is 106 cm³/mol. The van der Waals surface area contributed by atoms with Gasteiger partial charge in [-0.25, -0.2) is 4.79 Å². The molecule has 2 fully saturated rings. The number of amides is 4. The van der Waals surface area contributed by atoms with E-state index in [1.54, 1.807) is 18.2 Å². The van der Waals surface area contributed by atoms with Crippen LogP contribution in [0.1, 0.15) is 38.2 Å². The number of urea groups is 1. The molecule has 2 aliphatic rings. The number of aryl methyl sites for hydroxylation is 1. The molecule has 1 heterocycles. The lowest BCUT2D eigenvalue weighted by molar-refractivity contribution is -0.150. The Morgan fingerprint density at radius 1 is 1.34 bits per heavy atom. The van der Waals surface area contributed by atoms with Gasteiger partial charge < -0.3 is 15.4 Å². The summed E-state index contributed by atoms with van der Waals surface area (Å²) >= 11 is 6.01. The van der Waals surface area contributed by atoms with Gasteiger partial charge in [0.1, 0.15) is 12.1 Å². The number of hydrogen-bond acceptors (Lipinski definition) is 5. The molecule has 2 atom stereocenters. The van der Waals surface area contributed by atoms with Crippen LogP contribution in [0.4, 0.5) is 10.5 Å². The molecule has 1 spiro atoms. The SMILES string of the molecule is Cc1ccc(NC(=O)COC(=O)CN2C(=O)N[C@]3(CCCC[C@@H]3C)C2=O)cc1Cl. The summed E-state index contributed by atoms with van der Waals surface area (Å²) in [5.74, 6) is -1.77. The maximum Gasteiger partial charge on any atom is 0.326 e. The molecule has 1 aliphatic heterocycles. The maximum atomic E-state index is 12.8. The minimum absolute atomic E-state index is 0.000770. The van der Waals surface area contributed by atoms with Crippen LogP contribution in [0, 0.1) is 12.8 Å². The Hall–Kier alpha value is -2.61. The molecule has 9 heteroatoms. The number of carbonyl (C=O) groups excluding carboxylic acids is 4. The molecule has 3 rings (SSSR count). The van der Waals surface area contributed by atoms with Gasteiger partial charge in [-0.15, -0.1) is 0 Å². The Kier molecular flexibility index (Phi) is 6.12. The zero-order valence-corrected chi connectivity index (χ0v) is 17.2. The van der Waals surface area contributed by atoms with Gasteiger partial charge in [0, 0.05) is 10.7 Å². The fraction of sp³-hybridized carbons (Fsp3) is 0.500. The fourth-order valence-electron chi connectivity index (χ4n) is 3.83. The topological polar surface area (TPSA) is 105 Å². The average Bonchev–Trinajstić information content (AvgIpc) is 2.90. The van der Waals surface area contributed by atoms with Crippen LogP contribution >= 0.6 is 11.6 Å². The highest BCUT2D eigenvalue weighted by atomic mass is 35.5. The molecule has 1 saturated heterocycles. The van der Waals surface area contributed by atoms with Gasteiger partial charge in [-0.1, -0.05) is 37.4 Å². The minimum atomic E-state index is -0.933. The average molecular weight is 422 g/mol. The Bertz CT molecular complexity index is 859. The number of carbonyl (C=O) groups is 4. The summed E-state index contributed by atoms with van der Waals surface area (Å²) in [5.41, 5.74) is 0.413. The van der Waals surface area contributed by atoms with Gasteiger partial charge >= 0.3 is 12.0 Å². The van der Waals surface area contributed by atoms with Crippen molar-refractivity contribution in [2.45, 2.75) is 45.1 Å². The smallest absolute Gasteiger partial charge is 0.326 e. The summed E-state index contributed by atoms with van der Waals surface area (Å²) in [5, 5.41) is 5.84. The standard InChI is InChI=1S/C20H24ClN3O5/c1-12-6-7-14(9-15(12)21)22-16(25)11-29-17(26)10-24-18(27)20(23-19(24)28)8-4-3-5-13(20)2/h6-7,9,13H,3-5,8,10-11H2,1-2H3,(H,22,25)(H,23,28)/t13-,20-/m0/s1. The first-order valence-corrected chi connectivity index (χ1v) is 9.96. The number of nitrogens with one attached hydrogen (secondary N) is 2. The lowest BCUT2D eigenvalue weighted by Gasteiger charge is -2.36. The highest BCUT2D eigenvalue weighted by Gasteiger charge is 2.55. The zero-order valence-electron chi connectivity index (χ0n) is 16.4. The number of benzene rings is 1. The summed E-state index contributed by atoms with van der Waals surface area (Å²) in [6.07, 6.45) is 3.26. The van der Waals surface area contributed by atoms with E-state index in [1.165, 1.54) is 0 Å². The molecule has 0 aromatic heterocycles. The van der Waals surface area contributed by atoms with E-state index in [4.69, 9.17) is 16.3 Å². The van der Waals surface area contributed by atoms with E-state index in [-0.39, 0.29) is 5.92 Å². The second-order valence-corrected chi connectivity index (χ2v) is 8.02. The van der Waals surface area contributed by atoms with Gasteiger partial charge in [-0.2, -0.15) is 0 Å². The summed E-state index contributed by atoms with van der Waals surface area (Å²) in [7, 11) is 0. The van der Waals surface area contributed by atoms with Crippen molar-refractivity contribution in [3.8, 4) is 0 Å². The predicted octanol–water partition coefficient (Wildman–Crippen LogP) is 2.63. The van der Waals surface area contributed by atoms with Crippen molar-refractivity contribution in [2.75, 3.05) is 18.5 Å². The molecule has 29 heavy (non-hydrogen) atoms. The lowest BCUT2D eigenvalue weighted by atomic mass is 9.73. The maximum absolute atomic E-state index is 12.8. The van der Waals surface area contributed by atoms with E-state index in [9.17, 15) is 19.2 Å². The molecule has 4 amide bonds. The number of imide groups is 1. The van der Waals surface area contributed by atoms with Crippen molar-refractivity contribution in [1.29, 1.82) is 0 Å². The molecule has 156 valence electrons. The van der Waals surface area contributed by atoms with E-state index in [0.717, 1.165) is 29.7 Å². The number of anilines is 1. The van der Waals surface area contributed by atoms with Crippen LogP contribution in [0.15, 0.2) is 18.2 Å². The molecule has 1 aromatic rings. The third-order valence-corrected chi connectivity index (χ3v) is 6.02. The van der Waals surface area contributed by atoms with Crippen LogP contribution in [-0.2, 0) is 19.1 Å². The first-order valence-electron chi connectivity index (χ1n) is 9.58. The molecule has 0 radical (unpaired) electrons. The summed E-state index contributed by atoms with van der Waals surface area (Å²) in [6, 6.07) is 4.43.